The molecule has 1 amide bonds. The van der Waals surface area contributed by atoms with E-state index < -0.39 is 0 Å². The van der Waals surface area contributed by atoms with E-state index in [4.69, 9.17) is 5.10 Å². The van der Waals surface area contributed by atoms with Crippen molar-refractivity contribution in [3.8, 4) is 11.3 Å². The number of hydrogen-bond donors (Lipinski definition) is 1. The molecule has 0 radical (unpaired) electrons. The monoisotopic (exact) mass is 391 g/mol. The van der Waals surface area contributed by atoms with Gasteiger partial charge in [0.25, 0.3) is 5.56 Å². The van der Waals surface area contributed by atoms with Gasteiger partial charge in [0.15, 0.2) is 0 Å². The second-order valence-electron chi connectivity index (χ2n) is 7.54. The van der Waals surface area contributed by atoms with E-state index in [-0.39, 0.29) is 17.9 Å². The molecule has 3 aromatic rings. The highest BCUT2D eigenvalue weighted by molar-refractivity contribution is 5.79. The number of fused-ring (bicyclic) bond motifs is 1. The largest absolute Gasteiger partial charge is 0.342 e. The van der Waals surface area contributed by atoms with Gasteiger partial charge in [-0.05, 0) is 20.3 Å². The quantitative estimate of drug-likeness (QED) is 0.740. The number of amides is 1. The van der Waals surface area contributed by atoms with Crippen molar-refractivity contribution in [3.63, 3.8) is 0 Å². The van der Waals surface area contributed by atoms with Crippen molar-refractivity contribution in [2.45, 2.75) is 33.1 Å². The zero-order valence-electron chi connectivity index (χ0n) is 17.0. The van der Waals surface area contributed by atoms with Crippen LogP contribution in [0.3, 0.4) is 0 Å². The van der Waals surface area contributed by atoms with Crippen molar-refractivity contribution in [1.29, 1.82) is 0 Å². The van der Waals surface area contributed by atoms with Gasteiger partial charge in [0, 0.05) is 48.9 Å². The molecule has 0 saturated carbocycles. The summed E-state index contributed by atoms with van der Waals surface area (Å²) in [4.78, 5) is 34.0. The molecule has 7 nitrogen and oxygen atoms in total. The Balaban J connectivity index is 1.54. The lowest BCUT2D eigenvalue weighted by atomic mass is 10.0. The van der Waals surface area contributed by atoms with E-state index in [1.165, 1.54) is 5.56 Å². The maximum atomic E-state index is 12.9. The third kappa shape index (κ3) is 3.72. The minimum atomic E-state index is -0.227. The zero-order chi connectivity index (χ0) is 20.5. The van der Waals surface area contributed by atoms with Crippen LogP contribution in [0.25, 0.3) is 11.3 Å². The van der Waals surface area contributed by atoms with Crippen LogP contribution in [-0.2, 0) is 31.1 Å². The van der Waals surface area contributed by atoms with Gasteiger partial charge in [0.05, 0.1) is 17.8 Å². The molecule has 0 unspecified atom stereocenters. The minimum absolute atomic E-state index is 0.0416. The van der Waals surface area contributed by atoms with Crippen molar-refractivity contribution in [3.05, 3.63) is 69.0 Å². The van der Waals surface area contributed by atoms with Crippen molar-refractivity contribution < 1.29 is 4.79 Å². The average Bonchev–Trinajstić information content (AvgIpc) is 2.86. The number of nitrogens with one attached hydrogen (secondary N) is 1. The lowest BCUT2D eigenvalue weighted by molar-refractivity contribution is -0.130. The van der Waals surface area contributed by atoms with Gasteiger partial charge in [-0.1, -0.05) is 30.3 Å². The maximum Gasteiger partial charge on any atom is 0.254 e. The van der Waals surface area contributed by atoms with Gasteiger partial charge in [-0.15, -0.1) is 0 Å². The smallest absolute Gasteiger partial charge is 0.254 e. The normalized spacial score (nSPS) is 13.8. The molecule has 2 aromatic heterocycles. The highest BCUT2D eigenvalue weighted by Gasteiger charge is 2.25. The fourth-order valence-corrected chi connectivity index (χ4v) is 4.12. The Morgan fingerprint density at radius 1 is 1.14 bits per heavy atom. The SMILES string of the molecule is Cc1nc(C)c(CC(=O)N2CCc3nn(C)c(-c4ccccc4)c3CC2)c(=O)[nH]1. The second-order valence-corrected chi connectivity index (χ2v) is 7.54. The third-order valence-electron chi connectivity index (χ3n) is 5.55. The first-order chi connectivity index (χ1) is 13.9. The summed E-state index contributed by atoms with van der Waals surface area (Å²) in [6, 6.07) is 10.2. The molecule has 7 heteroatoms. The Labute approximate surface area is 169 Å². The zero-order valence-corrected chi connectivity index (χ0v) is 17.0. The van der Waals surface area contributed by atoms with E-state index in [0.29, 0.717) is 36.6 Å². The molecule has 1 aliphatic rings. The molecule has 0 atom stereocenters. The molecule has 4 rings (SSSR count). The summed E-state index contributed by atoms with van der Waals surface area (Å²) in [6.07, 6.45) is 1.54. The lowest BCUT2D eigenvalue weighted by Gasteiger charge is -2.20. The summed E-state index contributed by atoms with van der Waals surface area (Å²) < 4.78 is 1.94. The van der Waals surface area contributed by atoms with Crippen molar-refractivity contribution in [1.82, 2.24) is 24.6 Å². The van der Waals surface area contributed by atoms with Crippen molar-refractivity contribution in [2.75, 3.05) is 13.1 Å². The van der Waals surface area contributed by atoms with Crippen molar-refractivity contribution >= 4 is 5.91 Å². The van der Waals surface area contributed by atoms with Gasteiger partial charge in [-0.25, -0.2) is 4.98 Å². The number of rotatable bonds is 3. The molecule has 0 bridgehead atoms. The molecule has 1 aromatic carbocycles. The summed E-state index contributed by atoms with van der Waals surface area (Å²) in [5.41, 5.74) is 5.35. The first-order valence-corrected chi connectivity index (χ1v) is 9.88. The highest BCUT2D eigenvalue weighted by Crippen LogP contribution is 2.28. The molecule has 1 N–H and O–H groups in total. The van der Waals surface area contributed by atoms with E-state index in [2.05, 4.69) is 22.1 Å². The third-order valence-corrected chi connectivity index (χ3v) is 5.55. The van der Waals surface area contributed by atoms with Crippen LogP contribution >= 0.6 is 0 Å². The van der Waals surface area contributed by atoms with Crippen LogP contribution in [0.4, 0.5) is 0 Å². The predicted octanol–water partition coefficient (Wildman–Crippen LogP) is 1.96. The maximum absolute atomic E-state index is 12.9. The van der Waals surface area contributed by atoms with E-state index in [1.807, 2.05) is 34.8 Å². The number of aromatic nitrogens is 4. The number of aromatic amines is 1. The molecular formula is C22H25N5O2. The number of H-pyrrole nitrogens is 1. The molecule has 0 aliphatic carbocycles. The first kappa shape index (κ1) is 19.1. The number of carbonyl (C=O) groups excluding carboxylic acids is 1. The van der Waals surface area contributed by atoms with Crippen LogP contribution in [0.1, 0.15) is 28.3 Å². The van der Waals surface area contributed by atoms with E-state index in [0.717, 1.165) is 23.4 Å². The van der Waals surface area contributed by atoms with E-state index in [1.54, 1.807) is 13.8 Å². The predicted molar refractivity (Wildman–Crippen MR) is 111 cm³/mol. The highest BCUT2D eigenvalue weighted by atomic mass is 16.2. The van der Waals surface area contributed by atoms with Crippen LogP contribution < -0.4 is 5.56 Å². The van der Waals surface area contributed by atoms with Crippen LogP contribution in [0.15, 0.2) is 35.1 Å². The standard InChI is InChI=1S/C22H25N5O2/c1-14-18(22(29)24-15(2)23-14)13-20(28)27-11-9-17-19(10-12-27)25-26(3)21(17)16-7-5-4-6-8-16/h4-8H,9-13H2,1-3H3,(H,23,24,29). The summed E-state index contributed by atoms with van der Waals surface area (Å²) in [7, 11) is 1.97. The molecule has 3 heterocycles. The summed E-state index contributed by atoms with van der Waals surface area (Å²) in [5, 5.41) is 4.72. The lowest BCUT2D eigenvalue weighted by Crippen LogP contribution is -2.36. The molecule has 0 spiro atoms. The topological polar surface area (TPSA) is 83.9 Å². The van der Waals surface area contributed by atoms with Crippen LogP contribution in [-0.4, -0.2) is 43.6 Å². The van der Waals surface area contributed by atoms with Gasteiger partial charge in [0.1, 0.15) is 5.82 Å². The minimum Gasteiger partial charge on any atom is -0.342 e. The molecule has 29 heavy (non-hydrogen) atoms. The fraction of sp³-hybridized carbons (Fsp3) is 0.364. The average molecular weight is 391 g/mol. The summed E-state index contributed by atoms with van der Waals surface area (Å²) in [6.45, 7) is 4.74. The number of carbonyl (C=O) groups is 1. The Morgan fingerprint density at radius 2 is 1.86 bits per heavy atom. The van der Waals surface area contributed by atoms with Gasteiger partial charge in [-0.2, -0.15) is 5.10 Å². The van der Waals surface area contributed by atoms with Gasteiger partial charge in [-0.3, -0.25) is 14.3 Å². The molecule has 0 fully saturated rings. The Bertz CT molecular complexity index is 1110. The number of aryl methyl sites for hydroxylation is 3. The summed E-state index contributed by atoms with van der Waals surface area (Å²) >= 11 is 0. The van der Waals surface area contributed by atoms with Crippen LogP contribution in [0, 0.1) is 13.8 Å². The Kier molecular flexibility index (Phi) is 5.05. The molecule has 0 saturated heterocycles. The van der Waals surface area contributed by atoms with Gasteiger partial charge >= 0.3 is 0 Å². The van der Waals surface area contributed by atoms with Crippen LogP contribution in [0.2, 0.25) is 0 Å². The van der Waals surface area contributed by atoms with Crippen molar-refractivity contribution in [2.24, 2.45) is 7.05 Å². The van der Waals surface area contributed by atoms with E-state index in [9.17, 15) is 9.59 Å². The number of nitrogens with zero attached hydrogens (tertiary/aromatic N) is 4. The van der Waals surface area contributed by atoms with Gasteiger partial charge in [0.2, 0.25) is 5.91 Å². The Morgan fingerprint density at radius 3 is 2.59 bits per heavy atom. The van der Waals surface area contributed by atoms with E-state index >= 15 is 0 Å². The van der Waals surface area contributed by atoms with Crippen LogP contribution in [0.5, 0.6) is 0 Å². The molecule has 150 valence electrons. The molecule has 1 aliphatic heterocycles. The number of hydrogen-bond acceptors (Lipinski definition) is 4. The van der Waals surface area contributed by atoms with Gasteiger partial charge < -0.3 is 9.88 Å². The second kappa shape index (κ2) is 7.66. The Hall–Kier alpha value is -3.22. The fourth-order valence-electron chi connectivity index (χ4n) is 4.12. The number of benzene rings is 1. The molecular weight excluding hydrogens is 366 g/mol. The first-order valence-electron chi connectivity index (χ1n) is 9.88. The summed E-state index contributed by atoms with van der Waals surface area (Å²) in [5.74, 6) is 0.522.